The Hall–Kier alpha value is -0.650. The van der Waals surface area contributed by atoms with Gasteiger partial charge in [0.25, 0.3) is 5.79 Å². The first-order chi connectivity index (χ1) is 10.2. The minimum absolute atomic E-state index is 0.219. The molecule has 1 N–H and O–H groups in total. The number of esters is 1. The summed E-state index contributed by atoms with van der Waals surface area (Å²) in [5, 5.41) is 0. The summed E-state index contributed by atoms with van der Waals surface area (Å²) >= 11 is 0. The molecule has 0 radical (unpaired) electrons. The molecule has 0 aromatic carbocycles. The second kappa shape index (κ2) is 5.21. The van der Waals surface area contributed by atoms with Crippen molar-refractivity contribution in [3.8, 4) is 0 Å². The summed E-state index contributed by atoms with van der Waals surface area (Å²) in [6.45, 7) is 0. The molecule has 2 saturated carbocycles. The molecule has 4 rings (SSSR count). The molecule has 0 unspecified atom stereocenters. The van der Waals surface area contributed by atoms with E-state index in [-0.39, 0.29) is 12.0 Å². The smallest absolute Gasteiger partial charge is 0.371 e. The fraction of sp³-hybridized carbons (Fsp3) is 0.938. The number of carbonyl (C=O) groups is 1. The van der Waals surface area contributed by atoms with Crippen molar-refractivity contribution >= 4 is 5.97 Å². The molecule has 118 valence electrons. The summed E-state index contributed by atoms with van der Waals surface area (Å²) in [5.74, 6) is -1.62. The topological polar surface area (TPSA) is 56.8 Å². The number of hydrogen-bond acceptors (Lipinski definition) is 5. The average molecular weight is 295 g/mol. The van der Waals surface area contributed by atoms with Gasteiger partial charge in [0, 0.05) is 25.3 Å². The van der Waals surface area contributed by atoms with Crippen molar-refractivity contribution in [3.63, 3.8) is 0 Å². The van der Waals surface area contributed by atoms with E-state index < -0.39 is 11.6 Å². The van der Waals surface area contributed by atoms with Crippen LogP contribution >= 0.6 is 0 Å². The Balaban J connectivity index is 1.46. The summed E-state index contributed by atoms with van der Waals surface area (Å²) in [5.41, 5.74) is 3.09. The minimum atomic E-state index is -1.18. The lowest BCUT2D eigenvalue weighted by Gasteiger charge is -2.31. The molecule has 5 nitrogen and oxygen atoms in total. The van der Waals surface area contributed by atoms with Crippen molar-refractivity contribution in [1.29, 1.82) is 0 Å². The van der Waals surface area contributed by atoms with Crippen LogP contribution in [0.5, 0.6) is 0 Å². The maximum Gasteiger partial charge on any atom is 0.371 e. The second-order valence-corrected chi connectivity index (χ2v) is 7.14. The lowest BCUT2D eigenvalue weighted by Crippen LogP contribution is -2.39. The van der Waals surface area contributed by atoms with E-state index in [1.807, 2.05) is 0 Å². The molecule has 2 spiro atoms. The predicted octanol–water partition coefficient (Wildman–Crippen LogP) is 2.79. The maximum absolute atomic E-state index is 12.4. The number of ether oxygens (including phenoxy) is 2. The van der Waals surface area contributed by atoms with Gasteiger partial charge in [0.2, 0.25) is 5.79 Å². The number of hydrogen-bond donors (Lipinski definition) is 1. The molecule has 4 aliphatic rings. The Kier molecular flexibility index (Phi) is 3.47. The second-order valence-electron chi connectivity index (χ2n) is 7.14. The van der Waals surface area contributed by atoms with Crippen LogP contribution in [0.4, 0.5) is 0 Å². The van der Waals surface area contributed by atoms with Crippen molar-refractivity contribution < 1.29 is 19.1 Å². The van der Waals surface area contributed by atoms with Gasteiger partial charge in [-0.2, -0.15) is 5.48 Å². The van der Waals surface area contributed by atoms with Crippen LogP contribution in [0.2, 0.25) is 0 Å². The van der Waals surface area contributed by atoms with Crippen molar-refractivity contribution in [2.24, 2.45) is 5.92 Å². The average Bonchev–Trinajstić information content (AvgIpc) is 3.04. The van der Waals surface area contributed by atoms with Crippen molar-refractivity contribution in [3.05, 3.63) is 0 Å². The molecule has 5 heteroatoms. The molecule has 2 aliphatic carbocycles. The molecule has 0 bridgehead atoms. The van der Waals surface area contributed by atoms with E-state index in [0.29, 0.717) is 12.3 Å². The molecular weight excluding hydrogens is 270 g/mol. The highest BCUT2D eigenvalue weighted by Crippen LogP contribution is 2.47. The SMILES string of the molecule is O=C1OC2(CCCCC2)O[C@@]12C[C@H](C1CCCCC1)NO2. The van der Waals surface area contributed by atoms with Crippen LogP contribution in [0.1, 0.15) is 70.6 Å². The van der Waals surface area contributed by atoms with Gasteiger partial charge >= 0.3 is 5.97 Å². The van der Waals surface area contributed by atoms with Crippen LogP contribution in [0.3, 0.4) is 0 Å². The lowest BCUT2D eigenvalue weighted by molar-refractivity contribution is -0.270. The number of carbonyl (C=O) groups excluding carboxylic acids is 1. The maximum atomic E-state index is 12.4. The summed E-state index contributed by atoms with van der Waals surface area (Å²) in [6, 6.07) is 0.219. The Bertz CT molecular complexity index is 415. The van der Waals surface area contributed by atoms with E-state index in [1.54, 1.807) is 0 Å². The van der Waals surface area contributed by atoms with E-state index >= 15 is 0 Å². The van der Waals surface area contributed by atoms with Crippen molar-refractivity contribution in [2.45, 2.75) is 88.2 Å². The third kappa shape index (κ3) is 2.39. The normalized spacial score (nSPS) is 40.0. The molecular formula is C16H25NO4. The number of rotatable bonds is 1. The van der Waals surface area contributed by atoms with Gasteiger partial charge in [-0.1, -0.05) is 25.7 Å². The molecule has 0 aromatic rings. The zero-order valence-corrected chi connectivity index (χ0v) is 12.6. The molecule has 0 aromatic heterocycles. The molecule has 2 heterocycles. The fourth-order valence-electron chi connectivity index (χ4n) is 4.43. The first-order valence-electron chi connectivity index (χ1n) is 8.59. The molecule has 2 saturated heterocycles. The Morgan fingerprint density at radius 1 is 1.00 bits per heavy atom. The van der Waals surface area contributed by atoms with Gasteiger partial charge in [-0.3, -0.25) is 9.57 Å². The van der Waals surface area contributed by atoms with Crippen LogP contribution in [0.25, 0.3) is 0 Å². The van der Waals surface area contributed by atoms with E-state index in [1.165, 1.54) is 38.5 Å². The van der Waals surface area contributed by atoms with E-state index in [4.69, 9.17) is 14.3 Å². The first-order valence-corrected chi connectivity index (χ1v) is 8.59. The standard InChI is InChI=1S/C16H25NO4/c18-14-16(20-15(19-14)9-5-2-6-10-15)11-13(17-21-16)12-7-3-1-4-8-12/h12-13,17H,1-11H2/t13-,16-/m1/s1. The third-order valence-corrected chi connectivity index (χ3v) is 5.64. The lowest BCUT2D eigenvalue weighted by atomic mass is 9.82. The minimum Gasteiger partial charge on any atom is -0.429 e. The first kappa shape index (κ1) is 14.0. The monoisotopic (exact) mass is 295 g/mol. The van der Waals surface area contributed by atoms with Crippen LogP contribution in [0.15, 0.2) is 0 Å². The molecule has 2 aliphatic heterocycles. The highest BCUT2D eigenvalue weighted by molar-refractivity contribution is 5.80. The Labute approximate surface area is 125 Å². The van der Waals surface area contributed by atoms with Crippen molar-refractivity contribution in [2.75, 3.05) is 0 Å². The summed E-state index contributed by atoms with van der Waals surface area (Å²) in [7, 11) is 0. The molecule has 4 fully saturated rings. The Morgan fingerprint density at radius 3 is 2.48 bits per heavy atom. The number of hydroxylamine groups is 1. The highest BCUT2D eigenvalue weighted by Gasteiger charge is 2.63. The predicted molar refractivity (Wildman–Crippen MR) is 74.9 cm³/mol. The zero-order chi connectivity index (χ0) is 14.3. The quantitative estimate of drug-likeness (QED) is 0.754. The number of nitrogens with one attached hydrogen (secondary N) is 1. The van der Waals surface area contributed by atoms with Gasteiger partial charge in [-0.25, -0.2) is 4.79 Å². The van der Waals surface area contributed by atoms with E-state index in [0.717, 1.165) is 25.7 Å². The molecule has 0 amide bonds. The van der Waals surface area contributed by atoms with Crippen LogP contribution in [0, 0.1) is 5.92 Å². The highest BCUT2D eigenvalue weighted by atomic mass is 16.9. The van der Waals surface area contributed by atoms with Crippen LogP contribution in [-0.2, 0) is 19.1 Å². The van der Waals surface area contributed by atoms with Gasteiger partial charge in [-0.05, 0) is 31.6 Å². The molecule has 21 heavy (non-hydrogen) atoms. The van der Waals surface area contributed by atoms with Gasteiger partial charge in [0.15, 0.2) is 0 Å². The third-order valence-electron chi connectivity index (χ3n) is 5.64. The summed E-state index contributed by atoms with van der Waals surface area (Å²) < 4.78 is 11.8. The Morgan fingerprint density at radius 2 is 1.71 bits per heavy atom. The summed E-state index contributed by atoms with van der Waals surface area (Å²) in [6.07, 6.45) is 11.8. The van der Waals surface area contributed by atoms with Gasteiger partial charge in [-0.15, -0.1) is 0 Å². The van der Waals surface area contributed by atoms with Crippen LogP contribution in [-0.4, -0.2) is 23.6 Å². The van der Waals surface area contributed by atoms with Gasteiger partial charge in [0.05, 0.1) is 0 Å². The van der Waals surface area contributed by atoms with E-state index in [2.05, 4.69) is 5.48 Å². The van der Waals surface area contributed by atoms with Gasteiger partial charge < -0.3 is 4.74 Å². The summed E-state index contributed by atoms with van der Waals surface area (Å²) in [4.78, 5) is 18.0. The molecule has 2 atom stereocenters. The van der Waals surface area contributed by atoms with Crippen molar-refractivity contribution in [1.82, 2.24) is 5.48 Å². The van der Waals surface area contributed by atoms with Gasteiger partial charge in [0.1, 0.15) is 0 Å². The largest absolute Gasteiger partial charge is 0.429 e. The fourth-order valence-corrected chi connectivity index (χ4v) is 4.43. The van der Waals surface area contributed by atoms with E-state index in [9.17, 15) is 4.79 Å². The van der Waals surface area contributed by atoms with Crippen LogP contribution < -0.4 is 5.48 Å². The zero-order valence-electron chi connectivity index (χ0n) is 12.6.